The molecule has 2 atom stereocenters. The molecule has 0 bridgehead atoms. The molecular formula is C22H22N4O2. The summed E-state index contributed by atoms with van der Waals surface area (Å²) in [5.41, 5.74) is 3.83. The van der Waals surface area contributed by atoms with Crippen LogP contribution in [0, 0.1) is 6.92 Å². The van der Waals surface area contributed by atoms with Crippen LogP contribution < -0.4 is 0 Å². The molecule has 0 aliphatic carbocycles. The van der Waals surface area contributed by atoms with Crippen LogP contribution in [0.15, 0.2) is 72.9 Å². The van der Waals surface area contributed by atoms with Gasteiger partial charge in [0.05, 0.1) is 24.9 Å². The molecule has 28 heavy (non-hydrogen) atoms. The molecule has 0 fully saturated rings. The summed E-state index contributed by atoms with van der Waals surface area (Å²) in [7, 11) is 0. The highest BCUT2D eigenvalue weighted by Gasteiger charge is 2.29. The van der Waals surface area contributed by atoms with Crippen LogP contribution >= 0.6 is 0 Å². The number of nitrogens with zero attached hydrogens (tertiary/aromatic N) is 4. The van der Waals surface area contributed by atoms with Gasteiger partial charge in [0.1, 0.15) is 5.69 Å². The van der Waals surface area contributed by atoms with Gasteiger partial charge < -0.3 is 10.0 Å². The number of β-amino-alcohol motifs (C(OH)–C–C–N with tert-alkyl or cyclic N) is 1. The highest BCUT2D eigenvalue weighted by molar-refractivity contribution is 5.78. The molecule has 142 valence electrons. The van der Waals surface area contributed by atoms with Gasteiger partial charge in [-0.05, 0) is 18.9 Å². The Labute approximate surface area is 163 Å². The molecule has 1 aliphatic rings. The SMILES string of the molecule is Cc1ccc(-c2cn(C(=O)N3C[C@H](O)C=C[C@@H]3Cc3ccccc3)nn2)cc1. The van der Waals surface area contributed by atoms with Gasteiger partial charge in [0, 0.05) is 5.56 Å². The van der Waals surface area contributed by atoms with Crippen LogP contribution in [0.4, 0.5) is 4.79 Å². The van der Waals surface area contributed by atoms with E-state index in [1.807, 2.05) is 67.6 Å². The van der Waals surface area contributed by atoms with E-state index in [1.54, 1.807) is 17.2 Å². The van der Waals surface area contributed by atoms with E-state index in [4.69, 9.17) is 0 Å². The molecule has 1 amide bonds. The van der Waals surface area contributed by atoms with Crippen LogP contribution in [-0.2, 0) is 6.42 Å². The fraction of sp³-hybridized carbons (Fsp3) is 0.227. The van der Waals surface area contributed by atoms with Gasteiger partial charge >= 0.3 is 6.03 Å². The van der Waals surface area contributed by atoms with Gasteiger partial charge in [0.2, 0.25) is 0 Å². The van der Waals surface area contributed by atoms with Crippen molar-refractivity contribution in [2.75, 3.05) is 6.54 Å². The van der Waals surface area contributed by atoms with Crippen molar-refractivity contribution < 1.29 is 9.90 Å². The number of aliphatic hydroxyl groups is 1. The molecule has 4 rings (SSSR count). The van der Waals surface area contributed by atoms with E-state index >= 15 is 0 Å². The van der Waals surface area contributed by atoms with Crippen molar-refractivity contribution in [1.29, 1.82) is 0 Å². The summed E-state index contributed by atoms with van der Waals surface area (Å²) in [5, 5.41) is 18.2. The third-order valence-corrected chi connectivity index (χ3v) is 4.91. The van der Waals surface area contributed by atoms with Crippen LogP contribution in [0.5, 0.6) is 0 Å². The maximum absolute atomic E-state index is 13.1. The minimum Gasteiger partial charge on any atom is -0.387 e. The minimum absolute atomic E-state index is 0.148. The molecule has 0 saturated carbocycles. The average molecular weight is 374 g/mol. The van der Waals surface area contributed by atoms with E-state index < -0.39 is 6.10 Å². The Balaban J connectivity index is 1.56. The molecule has 1 aromatic heterocycles. The van der Waals surface area contributed by atoms with Gasteiger partial charge in [0.15, 0.2) is 0 Å². The van der Waals surface area contributed by atoms with Crippen LogP contribution in [0.2, 0.25) is 0 Å². The number of aliphatic hydroxyl groups excluding tert-OH is 1. The van der Waals surface area contributed by atoms with Gasteiger partial charge in [-0.1, -0.05) is 77.5 Å². The maximum atomic E-state index is 13.1. The summed E-state index contributed by atoms with van der Waals surface area (Å²) in [6.07, 6.45) is 5.26. The van der Waals surface area contributed by atoms with Crippen molar-refractivity contribution in [2.24, 2.45) is 0 Å². The Morgan fingerprint density at radius 2 is 1.86 bits per heavy atom. The van der Waals surface area contributed by atoms with Crippen molar-refractivity contribution >= 4 is 6.03 Å². The summed E-state index contributed by atoms with van der Waals surface area (Å²) < 4.78 is 1.25. The first-order chi connectivity index (χ1) is 13.6. The molecule has 0 unspecified atom stereocenters. The lowest BCUT2D eigenvalue weighted by atomic mass is 10.0. The van der Waals surface area contributed by atoms with Gasteiger partial charge in [-0.3, -0.25) is 0 Å². The topological polar surface area (TPSA) is 71.2 Å². The van der Waals surface area contributed by atoms with E-state index in [2.05, 4.69) is 10.3 Å². The number of benzene rings is 2. The van der Waals surface area contributed by atoms with E-state index in [0.717, 1.165) is 16.7 Å². The third kappa shape index (κ3) is 3.87. The minimum atomic E-state index is -0.684. The molecule has 3 aromatic rings. The van der Waals surface area contributed by atoms with E-state index in [0.29, 0.717) is 12.1 Å². The van der Waals surface area contributed by atoms with Gasteiger partial charge in [-0.15, -0.1) is 5.10 Å². The second-order valence-corrected chi connectivity index (χ2v) is 7.06. The standard InChI is InChI=1S/C22H22N4O2/c1-16-7-9-18(10-8-16)21-15-26(24-23-21)22(28)25-14-20(27)12-11-19(25)13-17-5-3-2-4-6-17/h2-12,15,19-20,27H,13-14H2,1H3/t19-,20-/m1/s1. The quantitative estimate of drug-likeness (QED) is 0.715. The first-order valence-electron chi connectivity index (χ1n) is 9.31. The third-order valence-electron chi connectivity index (χ3n) is 4.91. The van der Waals surface area contributed by atoms with E-state index in [9.17, 15) is 9.90 Å². The van der Waals surface area contributed by atoms with Gasteiger partial charge in [0.25, 0.3) is 0 Å². The Hall–Kier alpha value is -3.25. The number of amides is 1. The number of aryl methyl sites for hydroxylation is 1. The molecule has 1 N–H and O–H groups in total. The van der Waals surface area contributed by atoms with Crippen molar-refractivity contribution in [3.63, 3.8) is 0 Å². The lowest BCUT2D eigenvalue weighted by Gasteiger charge is -2.33. The van der Waals surface area contributed by atoms with Crippen molar-refractivity contribution in [1.82, 2.24) is 19.9 Å². The van der Waals surface area contributed by atoms with E-state index in [1.165, 1.54) is 4.68 Å². The molecular weight excluding hydrogens is 352 g/mol. The molecule has 2 aromatic carbocycles. The van der Waals surface area contributed by atoms with Crippen molar-refractivity contribution in [3.8, 4) is 11.3 Å². The predicted molar refractivity (Wildman–Crippen MR) is 107 cm³/mol. The summed E-state index contributed by atoms with van der Waals surface area (Å²) in [4.78, 5) is 14.7. The lowest BCUT2D eigenvalue weighted by Crippen LogP contribution is -2.49. The molecule has 1 aliphatic heterocycles. The van der Waals surface area contributed by atoms with Crippen LogP contribution in [0.1, 0.15) is 11.1 Å². The highest BCUT2D eigenvalue weighted by atomic mass is 16.3. The second-order valence-electron chi connectivity index (χ2n) is 7.06. The zero-order valence-corrected chi connectivity index (χ0v) is 15.6. The summed E-state index contributed by atoms with van der Waals surface area (Å²) >= 11 is 0. The lowest BCUT2D eigenvalue weighted by molar-refractivity contribution is 0.124. The Morgan fingerprint density at radius 3 is 2.61 bits per heavy atom. The van der Waals surface area contributed by atoms with Crippen molar-refractivity contribution in [2.45, 2.75) is 25.5 Å². The fourth-order valence-electron chi connectivity index (χ4n) is 3.36. The smallest absolute Gasteiger partial charge is 0.346 e. The van der Waals surface area contributed by atoms with E-state index in [-0.39, 0.29) is 18.6 Å². The Bertz CT molecular complexity index is 979. The number of aromatic nitrogens is 3. The number of hydrogen-bond donors (Lipinski definition) is 1. The van der Waals surface area contributed by atoms with Crippen LogP contribution in [0.25, 0.3) is 11.3 Å². The summed E-state index contributed by atoms with van der Waals surface area (Å²) in [6.45, 7) is 2.25. The van der Waals surface area contributed by atoms with Crippen LogP contribution in [0.3, 0.4) is 0 Å². The first-order valence-corrected chi connectivity index (χ1v) is 9.31. The molecule has 6 nitrogen and oxygen atoms in total. The van der Waals surface area contributed by atoms with Crippen LogP contribution in [-0.4, -0.2) is 49.7 Å². The predicted octanol–water partition coefficient (Wildman–Crippen LogP) is 3.07. The highest BCUT2D eigenvalue weighted by Crippen LogP contribution is 2.20. The largest absolute Gasteiger partial charge is 0.387 e. The monoisotopic (exact) mass is 374 g/mol. The normalized spacial score (nSPS) is 19.0. The molecule has 0 radical (unpaired) electrons. The number of carbonyl (C=O) groups is 1. The fourth-order valence-corrected chi connectivity index (χ4v) is 3.36. The maximum Gasteiger partial charge on any atom is 0.346 e. The zero-order chi connectivity index (χ0) is 19.5. The first kappa shape index (κ1) is 18.1. The zero-order valence-electron chi connectivity index (χ0n) is 15.6. The summed E-state index contributed by atoms with van der Waals surface area (Å²) in [6, 6.07) is 17.5. The number of carbonyl (C=O) groups excluding carboxylic acids is 1. The molecule has 6 heteroatoms. The molecule has 0 spiro atoms. The molecule has 2 heterocycles. The van der Waals surface area contributed by atoms with Gasteiger partial charge in [-0.25, -0.2) is 4.79 Å². The number of hydrogen-bond acceptors (Lipinski definition) is 4. The summed E-state index contributed by atoms with van der Waals surface area (Å²) in [5.74, 6) is 0. The number of rotatable bonds is 3. The molecule has 0 saturated heterocycles. The van der Waals surface area contributed by atoms with Gasteiger partial charge in [-0.2, -0.15) is 4.68 Å². The Morgan fingerprint density at radius 1 is 1.11 bits per heavy atom. The van der Waals surface area contributed by atoms with Crippen molar-refractivity contribution in [3.05, 3.63) is 84.1 Å². The average Bonchev–Trinajstić information content (AvgIpc) is 3.20. The Kier molecular flexibility index (Phi) is 5.04. The second kappa shape index (κ2) is 7.78.